The Kier molecular flexibility index (Phi) is 3.85. The lowest BCUT2D eigenvalue weighted by Crippen LogP contribution is -2.30. The molecule has 0 fully saturated rings. The van der Waals surface area contributed by atoms with Crippen LogP contribution in [0.1, 0.15) is 13.3 Å². The van der Waals surface area contributed by atoms with Gasteiger partial charge in [-0.05, 0) is 18.6 Å². The molecule has 4 nitrogen and oxygen atoms in total. The van der Waals surface area contributed by atoms with Crippen LogP contribution in [-0.4, -0.2) is 25.7 Å². The van der Waals surface area contributed by atoms with Gasteiger partial charge in [-0.25, -0.2) is 12.7 Å². The Bertz CT molecular complexity index is 414. The zero-order chi connectivity index (χ0) is 11.3. The normalized spacial score (nSPS) is 11.0. The molecule has 1 aromatic carbocycles. The third-order valence-electron chi connectivity index (χ3n) is 1.91. The van der Waals surface area contributed by atoms with E-state index in [0.29, 0.717) is 12.8 Å². The molecular formula is C10H13NO3S. The molecule has 0 saturated heterocycles. The number of benzene rings is 1. The molecular weight excluding hydrogens is 214 g/mol. The molecule has 5 heteroatoms. The Morgan fingerprint density at radius 2 is 1.87 bits per heavy atom. The van der Waals surface area contributed by atoms with Crippen LogP contribution >= 0.6 is 0 Å². The van der Waals surface area contributed by atoms with Crippen LogP contribution in [0.2, 0.25) is 0 Å². The van der Waals surface area contributed by atoms with Crippen molar-refractivity contribution in [3.05, 3.63) is 30.3 Å². The Morgan fingerprint density at radius 3 is 2.33 bits per heavy atom. The molecule has 0 heterocycles. The van der Waals surface area contributed by atoms with E-state index in [1.54, 1.807) is 18.2 Å². The Labute approximate surface area is 89.6 Å². The average Bonchev–Trinajstić information content (AvgIpc) is 2.27. The van der Waals surface area contributed by atoms with Crippen LogP contribution in [0.4, 0.5) is 0 Å². The van der Waals surface area contributed by atoms with Crippen LogP contribution in [0.25, 0.3) is 0 Å². The summed E-state index contributed by atoms with van der Waals surface area (Å²) in [6.45, 7) is 2.03. The highest BCUT2D eigenvalue weighted by atomic mass is 32.2. The fourth-order valence-corrected chi connectivity index (χ4v) is 2.49. The van der Waals surface area contributed by atoms with Gasteiger partial charge in [0.05, 0.1) is 4.90 Å². The first-order valence-electron chi connectivity index (χ1n) is 4.65. The smallest absolute Gasteiger partial charge is 0.266 e. The fraction of sp³-hybridized carbons (Fsp3) is 0.300. The third kappa shape index (κ3) is 2.56. The highest BCUT2D eigenvalue weighted by molar-refractivity contribution is 7.89. The molecule has 0 bridgehead atoms. The lowest BCUT2D eigenvalue weighted by atomic mass is 10.4. The van der Waals surface area contributed by atoms with Gasteiger partial charge >= 0.3 is 0 Å². The van der Waals surface area contributed by atoms with E-state index < -0.39 is 10.0 Å². The van der Waals surface area contributed by atoms with Crippen molar-refractivity contribution in [3.8, 4) is 0 Å². The van der Waals surface area contributed by atoms with Crippen molar-refractivity contribution in [3.63, 3.8) is 0 Å². The first-order chi connectivity index (χ1) is 7.12. The van der Waals surface area contributed by atoms with E-state index in [4.69, 9.17) is 0 Å². The average molecular weight is 227 g/mol. The molecule has 0 aromatic heterocycles. The van der Waals surface area contributed by atoms with Gasteiger partial charge in [0, 0.05) is 6.54 Å². The molecule has 0 N–H and O–H groups in total. The standard InChI is InChI=1S/C10H13NO3S/c1-2-8-11(9-12)15(13,14)10-6-4-3-5-7-10/h3-7,9H,2,8H2,1H3. The summed E-state index contributed by atoms with van der Waals surface area (Å²) in [5, 5.41) is 0. The van der Waals surface area contributed by atoms with Crippen LogP contribution in [0.15, 0.2) is 35.2 Å². The highest BCUT2D eigenvalue weighted by Gasteiger charge is 2.21. The zero-order valence-electron chi connectivity index (χ0n) is 8.46. The minimum atomic E-state index is -3.65. The van der Waals surface area contributed by atoms with Gasteiger partial charge < -0.3 is 0 Å². The maximum absolute atomic E-state index is 11.8. The van der Waals surface area contributed by atoms with E-state index in [1.165, 1.54) is 12.1 Å². The molecule has 0 aliphatic carbocycles. The van der Waals surface area contributed by atoms with Crippen LogP contribution in [-0.2, 0) is 14.8 Å². The van der Waals surface area contributed by atoms with Crippen LogP contribution in [0, 0.1) is 0 Å². The van der Waals surface area contributed by atoms with Gasteiger partial charge in [0.1, 0.15) is 0 Å². The first kappa shape index (κ1) is 11.7. The number of sulfonamides is 1. The van der Waals surface area contributed by atoms with Crippen molar-refractivity contribution >= 4 is 16.4 Å². The number of carbonyl (C=O) groups excluding carboxylic acids is 1. The third-order valence-corrected chi connectivity index (χ3v) is 3.67. The zero-order valence-corrected chi connectivity index (χ0v) is 9.28. The summed E-state index contributed by atoms with van der Waals surface area (Å²) in [5.41, 5.74) is 0. The Balaban J connectivity index is 3.06. The predicted octanol–water partition coefficient (Wildman–Crippen LogP) is 1.24. The number of hydrogen-bond donors (Lipinski definition) is 0. The fourth-order valence-electron chi connectivity index (χ4n) is 1.18. The highest BCUT2D eigenvalue weighted by Crippen LogP contribution is 2.13. The summed E-state index contributed by atoms with van der Waals surface area (Å²) in [4.78, 5) is 10.8. The molecule has 0 aliphatic rings. The van der Waals surface area contributed by atoms with Gasteiger partial charge in [0.2, 0.25) is 6.41 Å². The summed E-state index contributed by atoms with van der Waals surface area (Å²) in [6.07, 6.45) is 0.955. The van der Waals surface area contributed by atoms with Gasteiger partial charge in [-0.15, -0.1) is 0 Å². The number of nitrogens with zero attached hydrogens (tertiary/aromatic N) is 1. The summed E-state index contributed by atoms with van der Waals surface area (Å²) in [6, 6.07) is 7.93. The monoisotopic (exact) mass is 227 g/mol. The first-order valence-corrected chi connectivity index (χ1v) is 6.09. The molecule has 1 rings (SSSR count). The molecule has 0 spiro atoms. The Morgan fingerprint density at radius 1 is 1.27 bits per heavy atom. The van der Waals surface area contributed by atoms with Crippen molar-refractivity contribution in [2.45, 2.75) is 18.2 Å². The van der Waals surface area contributed by atoms with Crippen molar-refractivity contribution in [1.82, 2.24) is 4.31 Å². The van der Waals surface area contributed by atoms with E-state index >= 15 is 0 Å². The topological polar surface area (TPSA) is 54.5 Å². The van der Waals surface area contributed by atoms with E-state index in [1.807, 2.05) is 6.92 Å². The van der Waals surface area contributed by atoms with Crippen molar-refractivity contribution in [2.24, 2.45) is 0 Å². The lowest BCUT2D eigenvalue weighted by Gasteiger charge is -2.16. The SMILES string of the molecule is CCCN(C=O)S(=O)(=O)c1ccccc1. The van der Waals surface area contributed by atoms with Gasteiger partial charge in [-0.1, -0.05) is 25.1 Å². The van der Waals surface area contributed by atoms with Crippen molar-refractivity contribution in [2.75, 3.05) is 6.54 Å². The van der Waals surface area contributed by atoms with E-state index in [0.717, 1.165) is 4.31 Å². The Hall–Kier alpha value is -1.36. The number of hydrogen-bond acceptors (Lipinski definition) is 3. The molecule has 15 heavy (non-hydrogen) atoms. The molecule has 0 atom stereocenters. The maximum Gasteiger partial charge on any atom is 0.266 e. The minimum absolute atomic E-state index is 0.144. The van der Waals surface area contributed by atoms with Crippen molar-refractivity contribution in [1.29, 1.82) is 0 Å². The summed E-state index contributed by atoms with van der Waals surface area (Å²) >= 11 is 0. The molecule has 0 aliphatic heterocycles. The maximum atomic E-state index is 11.8. The molecule has 0 saturated carbocycles. The van der Waals surface area contributed by atoms with Crippen LogP contribution in [0.3, 0.4) is 0 Å². The molecule has 1 amide bonds. The number of carbonyl (C=O) groups is 1. The van der Waals surface area contributed by atoms with Gasteiger partial charge in [-0.2, -0.15) is 0 Å². The van der Waals surface area contributed by atoms with E-state index in [-0.39, 0.29) is 11.4 Å². The number of amides is 1. The second kappa shape index (κ2) is 4.93. The van der Waals surface area contributed by atoms with Gasteiger partial charge in [0.15, 0.2) is 0 Å². The van der Waals surface area contributed by atoms with E-state index in [9.17, 15) is 13.2 Å². The second-order valence-electron chi connectivity index (χ2n) is 3.03. The van der Waals surface area contributed by atoms with Gasteiger partial charge in [-0.3, -0.25) is 4.79 Å². The van der Waals surface area contributed by atoms with Gasteiger partial charge in [0.25, 0.3) is 10.0 Å². The largest absolute Gasteiger partial charge is 0.278 e. The minimum Gasteiger partial charge on any atom is -0.278 e. The molecule has 0 unspecified atom stereocenters. The number of rotatable bonds is 5. The summed E-state index contributed by atoms with van der Waals surface area (Å²) in [7, 11) is -3.65. The van der Waals surface area contributed by atoms with Crippen molar-refractivity contribution < 1.29 is 13.2 Å². The molecule has 0 radical (unpaired) electrons. The summed E-state index contributed by atoms with van der Waals surface area (Å²) < 4.78 is 24.5. The molecule has 1 aromatic rings. The summed E-state index contributed by atoms with van der Waals surface area (Å²) in [5.74, 6) is 0. The second-order valence-corrected chi connectivity index (χ2v) is 4.92. The van der Waals surface area contributed by atoms with E-state index in [2.05, 4.69) is 0 Å². The predicted molar refractivity (Wildman–Crippen MR) is 56.7 cm³/mol. The quantitative estimate of drug-likeness (QED) is 0.711. The lowest BCUT2D eigenvalue weighted by molar-refractivity contribution is -0.114. The van der Waals surface area contributed by atoms with Crippen LogP contribution in [0.5, 0.6) is 0 Å². The molecule has 82 valence electrons. The van der Waals surface area contributed by atoms with Crippen LogP contribution < -0.4 is 0 Å².